The van der Waals surface area contributed by atoms with Crippen molar-refractivity contribution in [1.29, 1.82) is 0 Å². The van der Waals surface area contributed by atoms with Gasteiger partial charge >= 0.3 is 5.97 Å². The molecule has 6 heteroatoms. The summed E-state index contributed by atoms with van der Waals surface area (Å²) < 4.78 is 17.7. The zero-order valence-corrected chi connectivity index (χ0v) is 14.6. The van der Waals surface area contributed by atoms with E-state index in [4.69, 9.17) is 24.0 Å². The van der Waals surface area contributed by atoms with Gasteiger partial charge in [-0.05, 0) is 44.9 Å². The van der Waals surface area contributed by atoms with Gasteiger partial charge in [-0.25, -0.2) is 14.6 Å². The molecule has 0 aromatic heterocycles. The first kappa shape index (κ1) is 16.5. The SMILES string of the molecule is C=CCOC(=O)[C@@]1(C)O[C@@H]2O[C@@]3(C)CC[C@H]4[C@H](C)CCC1[C@@]24OO3. The number of hydrogen-bond acceptors (Lipinski definition) is 6. The number of ether oxygens (including phenoxy) is 3. The van der Waals surface area contributed by atoms with Crippen LogP contribution in [0.15, 0.2) is 12.7 Å². The molecule has 5 aliphatic rings. The van der Waals surface area contributed by atoms with Crippen LogP contribution in [0.5, 0.6) is 0 Å². The van der Waals surface area contributed by atoms with Gasteiger partial charge in [0.1, 0.15) is 6.61 Å². The standard InChI is InChI=1S/C18H26O6/c1-5-10-20-14(19)17(4)13-7-6-11(2)12-8-9-16(3)21-15(22-17)18(12,13)24-23-16/h5,11-13,15H,1,6-10H2,2-4H3/t11-,12+,13?,15+,16-,17+,18-/m1/s1. The summed E-state index contributed by atoms with van der Waals surface area (Å²) in [6.07, 6.45) is 4.48. The van der Waals surface area contributed by atoms with Gasteiger partial charge in [0, 0.05) is 12.3 Å². The van der Waals surface area contributed by atoms with Gasteiger partial charge in [-0.3, -0.25) is 0 Å². The maximum atomic E-state index is 12.7. The van der Waals surface area contributed by atoms with Crippen LogP contribution in [-0.4, -0.2) is 35.9 Å². The molecular formula is C18H26O6. The Morgan fingerprint density at radius 2 is 2.04 bits per heavy atom. The van der Waals surface area contributed by atoms with Gasteiger partial charge in [-0.2, -0.15) is 0 Å². The van der Waals surface area contributed by atoms with E-state index in [2.05, 4.69) is 13.5 Å². The molecule has 5 rings (SSSR count). The summed E-state index contributed by atoms with van der Waals surface area (Å²) in [4.78, 5) is 24.4. The van der Waals surface area contributed by atoms with Crippen molar-refractivity contribution >= 4 is 5.97 Å². The van der Waals surface area contributed by atoms with Crippen LogP contribution < -0.4 is 0 Å². The topological polar surface area (TPSA) is 63.2 Å². The Labute approximate surface area is 142 Å². The van der Waals surface area contributed by atoms with Crippen LogP contribution in [0, 0.1) is 17.8 Å². The molecule has 24 heavy (non-hydrogen) atoms. The molecule has 4 heterocycles. The molecule has 4 saturated heterocycles. The molecule has 1 aliphatic carbocycles. The number of hydrogen-bond donors (Lipinski definition) is 0. The number of carbonyl (C=O) groups excluding carboxylic acids is 1. The third-order valence-electron chi connectivity index (χ3n) is 6.47. The largest absolute Gasteiger partial charge is 0.459 e. The molecule has 2 bridgehead atoms. The summed E-state index contributed by atoms with van der Waals surface area (Å²) in [6.45, 7) is 9.66. The van der Waals surface area contributed by atoms with Crippen LogP contribution in [0.2, 0.25) is 0 Å². The van der Waals surface area contributed by atoms with Crippen LogP contribution in [-0.2, 0) is 28.8 Å². The van der Waals surface area contributed by atoms with E-state index >= 15 is 0 Å². The Bertz CT molecular complexity index is 564. The minimum absolute atomic E-state index is 0.156. The highest BCUT2D eigenvalue weighted by Crippen LogP contribution is 2.63. The molecule has 0 aromatic rings. The maximum absolute atomic E-state index is 12.7. The molecule has 1 spiro atoms. The van der Waals surface area contributed by atoms with Crippen molar-refractivity contribution in [3.05, 3.63) is 12.7 Å². The third-order valence-corrected chi connectivity index (χ3v) is 6.47. The smallest absolute Gasteiger partial charge is 0.338 e. The zero-order chi connectivity index (χ0) is 17.2. The van der Waals surface area contributed by atoms with E-state index in [0.29, 0.717) is 5.92 Å². The Morgan fingerprint density at radius 3 is 2.79 bits per heavy atom. The quantitative estimate of drug-likeness (QED) is 0.448. The van der Waals surface area contributed by atoms with Gasteiger partial charge in [-0.1, -0.05) is 19.6 Å². The molecule has 0 aromatic carbocycles. The maximum Gasteiger partial charge on any atom is 0.338 e. The average Bonchev–Trinajstić information content (AvgIpc) is 2.64. The second-order valence-corrected chi connectivity index (χ2v) is 7.97. The lowest BCUT2D eigenvalue weighted by Crippen LogP contribution is -2.62. The van der Waals surface area contributed by atoms with Crippen molar-refractivity contribution in [2.45, 2.75) is 69.7 Å². The van der Waals surface area contributed by atoms with E-state index in [1.807, 2.05) is 6.92 Å². The van der Waals surface area contributed by atoms with Crippen molar-refractivity contribution in [2.24, 2.45) is 17.8 Å². The summed E-state index contributed by atoms with van der Waals surface area (Å²) in [5.41, 5.74) is -1.84. The molecule has 7 atom stereocenters. The lowest BCUT2D eigenvalue weighted by molar-refractivity contribution is -0.541. The second-order valence-electron chi connectivity index (χ2n) is 7.97. The van der Waals surface area contributed by atoms with Gasteiger partial charge < -0.3 is 14.2 Å². The van der Waals surface area contributed by atoms with Gasteiger partial charge in [0.05, 0.1) is 0 Å². The molecule has 1 unspecified atom stereocenters. The van der Waals surface area contributed by atoms with E-state index < -0.39 is 23.3 Å². The lowest BCUT2D eigenvalue weighted by Gasteiger charge is -2.50. The van der Waals surface area contributed by atoms with Crippen molar-refractivity contribution in [3.8, 4) is 0 Å². The first-order valence-corrected chi connectivity index (χ1v) is 8.86. The fraction of sp³-hybridized carbons (Fsp3) is 0.833. The summed E-state index contributed by atoms with van der Waals surface area (Å²) in [5.74, 6) is -0.667. The second kappa shape index (κ2) is 5.27. The zero-order valence-electron chi connectivity index (χ0n) is 14.6. The lowest BCUT2D eigenvalue weighted by atomic mass is 9.60. The number of rotatable bonds is 3. The van der Waals surface area contributed by atoms with Gasteiger partial charge in [-0.15, -0.1) is 0 Å². The minimum Gasteiger partial charge on any atom is -0.459 e. The van der Waals surface area contributed by atoms with E-state index in [1.54, 1.807) is 13.0 Å². The van der Waals surface area contributed by atoms with Crippen LogP contribution in [0.25, 0.3) is 0 Å². The molecular weight excluding hydrogens is 312 g/mol. The first-order valence-electron chi connectivity index (χ1n) is 8.86. The normalized spacial score (nSPS) is 52.5. The molecule has 4 aliphatic heterocycles. The van der Waals surface area contributed by atoms with Gasteiger partial charge in [0.2, 0.25) is 5.79 Å². The number of esters is 1. The summed E-state index contributed by atoms with van der Waals surface area (Å²) >= 11 is 0. The predicted molar refractivity (Wildman–Crippen MR) is 83.4 cm³/mol. The summed E-state index contributed by atoms with van der Waals surface area (Å²) in [5, 5.41) is 0. The molecule has 134 valence electrons. The summed E-state index contributed by atoms with van der Waals surface area (Å²) in [6, 6.07) is 0. The molecule has 6 nitrogen and oxygen atoms in total. The predicted octanol–water partition coefficient (Wildman–Crippen LogP) is 2.72. The minimum atomic E-state index is -1.10. The van der Waals surface area contributed by atoms with Crippen molar-refractivity contribution in [2.75, 3.05) is 6.61 Å². The van der Waals surface area contributed by atoms with Crippen molar-refractivity contribution in [3.63, 3.8) is 0 Å². The van der Waals surface area contributed by atoms with Crippen LogP contribution in [0.3, 0.4) is 0 Å². The average molecular weight is 338 g/mol. The Kier molecular flexibility index (Phi) is 3.63. The molecule has 0 N–H and O–H groups in total. The summed E-state index contributed by atoms with van der Waals surface area (Å²) in [7, 11) is 0. The van der Waals surface area contributed by atoms with Crippen LogP contribution in [0.1, 0.15) is 46.5 Å². The van der Waals surface area contributed by atoms with Crippen LogP contribution >= 0.6 is 0 Å². The Morgan fingerprint density at radius 1 is 1.25 bits per heavy atom. The van der Waals surface area contributed by atoms with E-state index in [9.17, 15) is 4.79 Å². The fourth-order valence-electron chi connectivity index (χ4n) is 5.18. The number of carbonyl (C=O) groups is 1. The highest BCUT2D eigenvalue weighted by Gasteiger charge is 2.76. The van der Waals surface area contributed by atoms with E-state index in [1.165, 1.54) is 0 Å². The molecule has 0 radical (unpaired) electrons. The highest BCUT2D eigenvalue weighted by molar-refractivity contribution is 5.80. The molecule has 1 saturated carbocycles. The number of fused-ring (bicyclic) bond motifs is 2. The van der Waals surface area contributed by atoms with Crippen molar-refractivity contribution in [1.82, 2.24) is 0 Å². The fourth-order valence-corrected chi connectivity index (χ4v) is 5.18. The molecule has 5 fully saturated rings. The highest BCUT2D eigenvalue weighted by atomic mass is 17.3. The Hall–Kier alpha value is -0.950. The van der Waals surface area contributed by atoms with Gasteiger partial charge in [0.15, 0.2) is 17.5 Å². The van der Waals surface area contributed by atoms with Crippen LogP contribution in [0.4, 0.5) is 0 Å². The van der Waals surface area contributed by atoms with Gasteiger partial charge in [0.25, 0.3) is 0 Å². The first-order chi connectivity index (χ1) is 11.4. The van der Waals surface area contributed by atoms with E-state index in [-0.39, 0.29) is 24.4 Å². The monoisotopic (exact) mass is 338 g/mol. The van der Waals surface area contributed by atoms with E-state index in [0.717, 1.165) is 25.7 Å². The molecule has 0 amide bonds. The Balaban J connectivity index is 1.75. The third kappa shape index (κ3) is 2.00. The van der Waals surface area contributed by atoms with Crippen molar-refractivity contribution < 1.29 is 28.8 Å².